The van der Waals surface area contributed by atoms with Crippen LogP contribution in [-0.4, -0.2) is 15.6 Å². The lowest BCUT2D eigenvalue weighted by atomic mass is 9.99. The SMILES string of the molecule is O=C(Nc1ccccc1Br)c1c(O)c2cccc3c2n(c1=O)CCC3. The molecule has 1 aliphatic rings. The Morgan fingerprint density at radius 1 is 1.16 bits per heavy atom. The highest BCUT2D eigenvalue weighted by Gasteiger charge is 2.25. The minimum Gasteiger partial charge on any atom is -0.506 e. The number of halogens is 1. The van der Waals surface area contributed by atoms with Gasteiger partial charge in [-0.05, 0) is 52.5 Å². The van der Waals surface area contributed by atoms with Gasteiger partial charge in [-0.25, -0.2) is 0 Å². The van der Waals surface area contributed by atoms with Gasteiger partial charge in [0.15, 0.2) is 0 Å². The molecule has 1 aromatic heterocycles. The van der Waals surface area contributed by atoms with Crippen LogP contribution in [0.1, 0.15) is 22.3 Å². The van der Waals surface area contributed by atoms with Crippen LogP contribution >= 0.6 is 15.9 Å². The number of para-hydroxylation sites is 2. The van der Waals surface area contributed by atoms with Gasteiger partial charge in [-0.2, -0.15) is 0 Å². The Morgan fingerprint density at radius 2 is 1.96 bits per heavy atom. The lowest BCUT2D eigenvalue weighted by Crippen LogP contribution is -2.31. The zero-order chi connectivity index (χ0) is 17.6. The minimum absolute atomic E-state index is 0.220. The van der Waals surface area contributed by atoms with Crippen LogP contribution in [0.15, 0.2) is 51.7 Å². The number of aromatic hydroxyl groups is 1. The number of aromatic nitrogens is 1. The van der Waals surface area contributed by atoms with Crippen molar-refractivity contribution in [3.05, 3.63) is 68.4 Å². The van der Waals surface area contributed by atoms with Gasteiger partial charge in [0.1, 0.15) is 11.3 Å². The molecule has 0 unspecified atom stereocenters. The topological polar surface area (TPSA) is 71.3 Å². The first-order valence-corrected chi connectivity index (χ1v) is 8.80. The van der Waals surface area contributed by atoms with E-state index in [1.54, 1.807) is 28.8 Å². The van der Waals surface area contributed by atoms with E-state index >= 15 is 0 Å². The molecule has 1 aliphatic heterocycles. The molecule has 0 saturated carbocycles. The number of carbonyl (C=O) groups is 1. The Labute approximate surface area is 152 Å². The van der Waals surface area contributed by atoms with E-state index in [0.29, 0.717) is 22.1 Å². The van der Waals surface area contributed by atoms with E-state index in [9.17, 15) is 14.7 Å². The normalized spacial score (nSPS) is 13.0. The number of nitrogens with one attached hydrogen (secondary N) is 1. The van der Waals surface area contributed by atoms with Crippen molar-refractivity contribution >= 4 is 38.4 Å². The van der Waals surface area contributed by atoms with Gasteiger partial charge >= 0.3 is 0 Å². The fraction of sp³-hybridized carbons (Fsp3) is 0.158. The summed E-state index contributed by atoms with van der Waals surface area (Å²) in [6, 6.07) is 12.7. The van der Waals surface area contributed by atoms with Gasteiger partial charge in [0.2, 0.25) is 0 Å². The number of rotatable bonds is 2. The monoisotopic (exact) mass is 398 g/mol. The van der Waals surface area contributed by atoms with Gasteiger partial charge in [0.05, 0.1) is 11.2 Å². The third kappa shape index (κ3) is 2.53. The summed E-state index contributed by atoms with van der Waals surface area (Å²) < 4.78 is 2.30. The maximum absolute atomic E-state index is 12.9. The third-order valence-corrected chi connectivity index (χ3v) is 5.21. The van der Waals surface area contributed by atoms with Gasteiger partial charge in [-0.1, -0.05) is 24.3 Å². The fourth-order valence-corrected chi connectivity index (χ4v) is 3.75. The lowest BCUT2D eigenvalue weighted by molar-refractivity contribution is 0.102. The van der Waals surface area contributed by atoms with Crippen LogP contribution in [0.25, 0.3) is 10.9 Å². The van der Waals surface area contributed by atoms with Gasteiger partial charge in [-0.3, -0.25) is 9.59 Å². The van der Waals surface area contributed by atoms with Crippen LogP contribution < -0.4 is 10.9 Å². The second-order valence-corrected chi connectivity index (χ2v) is 6.89. The Bertz CT molecular complexity index is 1070. The van der Waals surface area contributed by atoms with Crippen molar-refractivity contribution in [2.45, 2.75) is 19.4 Å². The van der Waals surface area contributed by atoms with Crippen molar-refractivity contribution in [1.29, 1.82) is 0 Å². The van der Waals surface area contributed by atoms with Gasteiger partial charge in [-0.15, -0.1) is 0 Å². The van der Waals surface area contributed by atoms with Crippen LogP contribution in [0, 0.1) is 0 Å². The molecule has 2 N–H and O–H groups in total. The number of anilines is 1. The maximum atomic E-state index is 12.9. The summed E-state index contributed by atoms with van der Waals surface area (Å²) in [5.74, 6) is -0.874. The molecule has 2 aromatic carbocycles. The molecule has 5 nitrogen and oxygen atoms in total. The number of pyridine rings is 1. The average Bonchev–Trinajstić information content (AvgIpc) is 2.61. The maximum Gasteiger partial charge on any atom is 0.267 e. The first-order valence-electron chi connectivity index (χ1n) is 8.01. The van der Waals surface area contributed by atoms with E-state index in [4.69, 9.17) is 0 Å². The summed E-state index contributed by atoms with van der Waals surface area (Å²) >= 11 is 3.36. The molecule has 6 heteroatoms. The summed E-state index contributed by atoms with van der Waals surface area (Å²) in [5.41, 5.74) is 1.62. The van der Waals surface area contributed by atoms with Gasteiger partial charge in [0.25, 0.3) is 11.5 Å². The summed E-state index contributed by atoms with van der Waals surface area (Å²) in [5, 5.41) is 13.9. The Hall–Kier alpha value is -2.60. The molecule has 0 atom stereocenters. The molecule has 0 radical (unpaired) electrons. The molecule has 1 amide bonds. The van der Waals surface area contributed by atoms with Crippen LogP contribution in [0.4, 0.5) is 5.69 Å². The third-order valence-electron chi connectivity index (χ3n) is 4.52. The van der Waals surface area contributed by atoms with E-state index < -0.39 is 11.5 Å². The largest absolute Gasteiger partial charge is 0.506 e. The molecule has 0 bridgehead atoms. The highest BCUT2D eigenvalue weighted by Crippen LogP contribution is 2.32. The number of carbonyl (C=O) groups excluding carboxylic acids is 1. The van der Waals surface area contributed by atoms with E-state index in [-0.39, 0.29) is 11.3 Å². The molecule has 0 spiro atoms. The number of hydrogen-bond donors (Lipinski definition) is 2. The van der Waals surface area contributed by atoms with Crippen molar-refractivity contribution in [2.24, 2.45) is 0 Å². The van der Waals surface area contributed by atoms with Crippen molar-refractivity contribution in [1.82, 2.24) is 4.57 Å². The Kier molecular flexibility index (Phi) is 3.84. The molecule has 3 aromatic rings. The quantitative estimate of drug-likeness (QED) is 0.691. The predicted molar refractivity (Wildman–Crippen MR) is 100 cm³/mol. The molecular weight excluding hydrogens is 384 g/mol. The van der Waals surface area contributed by atoms with E-state index in [2.05, 4.69) is 21.2 Å². The lowest BCUT2D eigenvalue weighted by Gasteiger charge is -2.21. The summed E-state index contributed by atoms with van der Waals surface area (Å²) in [6.45, 7) is 0.544. The number of benzene rings is 2. The van der Waals surface area contributed by atoms with Crippen LogP contribution in [-0.2, 0) is 13.0 Å². The first-order chi connectivity index (χ1) is 12.1. The molecule has 126 valence electrons. The zero-order valence-electron chi connectivity index (χ0n) is 13.3. The number of amides is 1. The second kappa shape index (κ2) is 6.04. The number of aryl methyl sites for hydroxylation is 2. The Balaban J connectivity index is 1.90. The van der Waals surface area contributed by atoms with Crippen molar-refractivity contribution < 1.29 is 9.90 Å². The highest BCUT2D eigenvalue weighted by molar-refractivity contribution is 9.10. The van der Waals surface area contributed by atoms with Gasteiger partial charge in [0, 0.05) is 16.4 Å². The summed E-state index contributed by atoms with van der Waals surface area (Å²) in [7, 11) is 0. The van der Waals surface area contributed by atoms with Crippen molar-refractivity contribution in [3.63, 3.8) is 0 Å². The van der Waals surface area contributed by atoms with Crippen LogP contribution in [0.5, 0.6) is 5.75 Å². The van der Waals surface area contributed by atoms with E-state index in [0.717, 1.165) is 23.9 Å². The fourth-order valence-electron chi connectivity index (χ4n) is 3.37. The van der Waals surface area contributed by atoms with E-state index in [1.807, 2.05) is 18.2 Å². The zero-order valence-corrected chi connectivity index (χ0v) is 14.8. The van der Waals surface area contributed by atoms with Crippen molar-refractivity contribution in [2.75, 3.05) is 5.32 Å². The molecule has 2 heterocycles. The minimum atomic E-state index is -0.615. The number of nitrogens with zero attached hydrogens (tertiary/aromatic N) is 1. The summed E-state index contributed by atoms with van der Waals surface area (Å²) in [6.07, 6.45) is 1.70. The summed E-state index contributed by atoms with van der Waals surface area (Å²) in [4.78, 5) is 25.6. The average molecular weight is 399 g/mol. The molecule has 25 heavy (non-hydrogen) atoms. The number of hydrogen-bond acceptors (Lipinski definition) is 3. The van der Waals surface area contributed by atoms with Crippen molar-refractivity contribution in [3.8, 4) is 5.75 Å². The standard InChI is InChI=1S/C19H15BrN2O3/c20-13-8-1-2-9-14(13)21-18(24)15-17(23)12-7-3-5-11-6-4-10-22(16(11)12)19(15)25/h1-3,5,7-9,23H,4,6,10H2,(H,21,24). The van der Waals surface area contributed by atoms with Crippen LogP contribution in [0.2, 0.25) is 0 Å². The second-order valence-electron chi connectivity index (χ2n) is 6.03. The molecule has 0 aliphatic carbocycles. The molecule has 0 saturated heterocycles. The van der Waals surface area contributed by atoms with E-state index in [1.165, 1.54) is 0 Å². The van der Waals surface area contributed by atoms with Gasteiger partial charge < -0.3 is 15.0 Å². The molecule has 0 fully saturated rings. The molecule has 4 rings (SSSR count). The highest BCUT2D eigenvalue weighted by atomic mass is 79.9. The predicted octanol–water partition coefficient (Wildman–Crippen LogP) is 3.67. The first kappa shape index (κ1) is 15.9. The molecular formula is C19H15BrN2O3. The van der Waals surface area contributed by atoms with Crippen LogP contribution in [0.3, 0.4) is 0 Å². The Morgan fingerprint density at radius 3 is 2.76 bits per heavy atom. The smallest absolute Gasteiger partial charge is 0.267 e.